The Balaban J connectivity index is 5.34. The van der Waals surface area contributed by atoms with E-state index in [4.69, 9.17) is 4.74 Å². The number of hydrogen-bond acceptors (Lipinski definition) is 3. The highest BCUT2D eigenvalue weighted by Crippen LogP contribution is 2.36. The zero-order chi connectivity index (χ0) is 12.9. The Hall–Kier alpha value is -1.32. The molecular weight excluding hydrogens is 208 g/mol. The van der Waals surface area contributed by atoms with Gasteiger partial charge < -0.3 is 9.84 Å². The molecule has 0 saturated carbocycles. The lowest BCUT2D eigenvalue weighted by atomic mass is 9.73. The zero-order valence-electron chi connectivity index (χ0n) is 10.4. The first-order chi connectivity index (χ1) is 7.28. The Labute approximate surface area is 96.3 Å². The standard InChI is InChI=1S/C12H20O4/c1-6-16-11(15)12(9(4)5,10(13)14)7-8(2)3/h9H,2,6-7H2,1,3-5H3,(H,13,14). The van der Waals surface area contributed by atoms with E-state index >= 15 is 0 Å². The van der Waals surface area contributed by atoms with Gasteiger partial charge in [0.15, 0.2) is 5.41 Å². The third-order valence-corrected chi connectivity index (χ3v) is 2.59. The quantitative estimate of drug-likeness (QED) is 0.430. The number of carboxylic acid groups (broad SMARTS) is 1. The molecule has 0 radical (unpaired) electrons. The number of aliphatic carboxylic acids is 1. The predicted octanol–water partition coefficient (Wildman–Crippen LogP) is 2.24. The molecule has 0 bridgehead atoms. The lowest BCUT2D eigenvalue weighted by Crippen LogP contribution is -2.45. The summed E-state index contributed by atoms with van der Waals surface area (Å²) in [7, 11) is 0. The first kappa shape index (κ1) is 14.7. The maximum absolute atomic E-state index is 11.8. The first-order valence-corrected chi connectivity index (χ1v) is 5.34. The average molecular weight is 228 g/mol. The van der Waals surface area contributed by atoms with E-state index in [2.05, 4.69) is 6.58 Å². The van der Waals surface area contributed by atoms with Crippen LogP contribution in [0.3, 0.4) is 0 Å². The summed E-state index contributed by atoms with van der Waals surface area (Å²) in [6.45, 7) is 10.6. The molecule has 0 aliphatic heterocycles. The van der Waals surface area contributed by atoms with Crippen LogP contribution in [0.4, 0.5) is 0 Å². The van der Waals surface area contributed by atoms with Crippen LogP contribution in [0, 0.1) is 11.3 Å². The monoisotopic (exact) mass is 228 g/mol. The lowest BCUT2D eigenvalue weighted by molar-refractivity contribution is -0.172. The Morgan fingerprint density at radius 2 is 1.94 bits per heavy atom. The van der Waals surface area contributed by atoms with Gasteiger partial charge in [0.1, 0.15) is 0 Å². The smallest absolute Gasteiger partial charge is 0.324 e. The molecule has 0 fully saturated rings. The molecule has 0 aromatic rings. The van der Waals surface area contributed by atoms with Crippen molar-refractivity contribution >= 4 is 11.9 Å². The second-order valence-corrected chi connectivity index (χ2v) is 4.29. The summed E-state index contributed by atoms with van der Waals surface area (Å²) < 4.78 is 4.87. The van der Waals surface area contributed by atoms with E-state index in [-0.39, 0.29) is 18.9 Å². The van der Waals surface area contributed by atoms with Crippen LogP contribution in [0.25, 0.3) is 0 Å². The van der Waals surface area contributed by atoms with Crippen molar-refractivity contribution in [2.24, 2.45) is 11.3 Å². The summed E-state index contributed by atoms with van der Waals surface area (Å²) in [5.74, 6) is -2.18. The number of carbonyl (C=O) groups is 2. The summed E-state index contributed by atoms with van der Waals surface area (Å²) in [5, 5.41) is 9.30. The minimum Gasteiger partial charge on any atom is -0.480 e. The first-order valence-electron chi connectivity index (χ1n) is 5.34. The van der Waals surface area contributed by atoms with Gasteiger partial charge in [-0.2, -0.15) is 0 Å². The van der Waals surface area contributed by atoms with Crippen LogP contribution in [0.15, 0.2) is 12.2 Å². The van der Waals surface area contributed by atoms with E-state index in [1.54, 1.807) is 27.7 Å². The van der Waals surface area contributed by atoms with Gasteiger partial charge in [0.2, 0.25) is 0 Å². The predicted molar refractivity (Wildman–Crippen MR) is 61.0 cm³/mol. The highest BCUT2D eigenvalue weighted by atomic mass is 16.5. The number of carbonyl (C=O) groups excluding carboxylic acids is 1. The van der Waals surface area contributed by atoms with Gasteiger partial charge in [-0.15, -0.1) is 6.58 Å². The molecule has 1 N–H and O–H groups in total. The summed E-state index contributed by atoms with van der Waals surface area (Å²) in [6.07, 6.45) is 0.110. The van der Waals surface area contributed by atoms with E-state index < -0.39 is 17.4 Å². The van der Waals surface area contributed by atoms with Crippen molar-refractivity contribution in [1.29, 1.82) is 0 Å². The highest BCUT2D eigenvalue weighted by molar-refractivity contribution is 5.99. The minimum absolute atomic E-state index is 0.110. The average Bonchev–Trinajstić information content (AvgIpc) is 2.12. The summed E-state index contributed by atoms with van der Waals surface area (Å²) in [5.41, 5.74) is -0.855. The van der Waals surface area contributed by atoms with Crippen molar-refractivity contribution in [3.05, 3.63) is 12.2 Å². The Morgan fingerprint density at radius 1 is 1.44 bits per heavy atom. The van der Waals surface area contributed by atoms with Crippen molar-refractivity contribution in [2.45, 2.75) is 34.1 Å². The molecule has 4 nitrogen and oxygen atoms in total. The van der Waals surface area contributed by atoms with Crippen molar-refractivity contribution in [3.63, 3.8) is 0 Å². The lowest BCUT2D eigenvalue weighted by Gasteiger charge is -2.30. The van der Waals surface area contributed by atoms with Gasteiger partial charge in [0.25, 0.3) is 0 Å². The largest absolute Gasteiger partial charge is 0.480 e. The van der Waals surface area contributed by atoms with Gasteiger partial charge in [-0.25, -0.2) is 0 Å². The number of esters is 1. The van der Waals surface area contributed by atoms with Crippen LogP contribution in [0.1, 0.15) is 34.1 Å². The van der Waals surface area contributed by atoms with Crippen LogP contribution in [-0.2, 0) is 14.3 Å². The summed E-state index contributed by atoms with van der Waals surface area (Å²) in [6, 6.07) is 0. The molecular formula is C12H20O4. The number of allylic oxidation sites excluding steroid dienone is 1. The molecule has 16 heavy (non-hydrogen) atoms. The van der Waals surface area contributed by atoms with Gasteiger partial charge in [0.05, 0.1) is 6.61 Å². The van der Waals surface area contributed by atoms with Crippen LogP contribution in [0.5, 0.6) is 0 Å². The molecule has 0 aliphatic carbocycles. The molecule has 0 amide bonds. The minimum atomic E-state index is -1.51. The molecule has 0 aromatic heterocycles. The topological polar surface area (TPSA) is 63.6 Å². The second kappa shape index (κ2) is 5.68. The van der Waals surface area contributed by atoms with Crippen LogP contribution < -0.4 is 0 Å². The van der Waals surface area contributed by atoms with E-state index in [0.29, 0.717) is 5.57 Å². The van der Waals surface area contributed by atoms with Crippen molar-refractivity contribution in [3.8, 4) is 0 Å². The fourth-order valence-electron chi connectivity index (χ4n) is 1.66. The normalized spacial score (nSPS) is 14.3. The molecule has 0 rings (SSSR count). The van der Waals surface area contributed by atoms with Crippen LogP contribution >= 0.6 is 0 Å². The highest BCUT2D eigenvalue weighted by Gasteiger charge is 2.50. The third-order valence-electron chi connectivity index (χ3n) is 2.59. The Kier molecular flexibility index (Phi) is 5.21. The number of ether oxygens (including phenoxy) is 1. The van der Waals surface area contributed by atoms with E-state index in [1.807, 2.05) is 0 Å². The molecule has 92 valence electrons. The third kappa shape index (κ3) is 2.84. The van der Waals surface area contributed by atoms with Gasteiger partial charge in [-0.3, -0.25) is 9.59 Å². The van der Waals surface area contributed by atoms with Crippen LogP contribution in [0.2, 0.25) is 0 Å². The van der Waals surface area contributed by atoms with Gasteiger partial charge in [-0.05, 0) is 26.2 Å². The SMILES string of the molecule is C=C(C)CC(C(=O)O)(C(=O)OCC)C(C)C. The number of hydrogen-bond donors (Lipinski definition) is 1. The molecule has 1 atom stereocenters. The second-order valence-electron chi connectivity index (χ2n) is 4.29. The number of rotatable bonds is 6. The summed E-state index contributed by atoms with van der Waals surface area (Å²) in [4.78, 5) is 23.2. The molecule has 0 saturated heterocycles. The zero-order valence-corrected chi connectivity index (χ0v) is 10.4. The molecule has 1 unspecified atom stereocenters. The molecule has 0 aliphatic rings. The Bertz CT molecular complexity index is 293. The van der Waals surface area contributed by atoms with Gasteiger partial charge >= 0.3 is 11.9 Å². The van der Waals surface area contributed by atoms with E-state index in [9.17, 15) is 14.7 Å². The fourth-order valence-corrected chi connectivity index (χ4v) is 1.66. The van der Waals surface area contributed by atoms with Crippen molar-refractivity contribution in [2.75, 3.05) is 6.61 Å². The van der Waals surface area contributed by atoms with E-state index in [0.717, 1.165) is 0 Å². The van der Waals surface area contributed by atoms with Crippen molar-refractivity contribution < 1.29 is 19.4 Å². The van der Waals surface area contributed by atoms with E-state index in [1.165, 1.54) is 0 Å². The Morgan fingerprint density at radius 3 is 2.19 bits per heavy atom. The van der Waals surface area contributed by atoms with Gasteiger partial charge in [-0.1, -0.05) is 19.4 Å². The van der Waals surface area contributed by atoms with Gasteiger partial charge in [0, 0.05) is 0 Å². The molecule has 4 heteroatoms. The summed E-state index contributed by atoms with van der Waals surface area (Å²) >= 11 is 0. The number of carboxylic acids is 1. The molecule has 0 heterocycles. The maximum Gasteiger partial charge on any atom is 0.324 e. The molecule has 0 spiro atoms. The van der Waals surface area contributed by atoms with Crippen molar-refractivity contribution in [1.82, 2.24) is 0 Å². The maximum atomic E-state index is 11.8. The molecule has 0 aromatic carbocycles. The van der Waals surface area contributed by atoms with Crippen LogP contribution in [-0.4, -0.2) is 23.7 Å². The fraction of sp³-hybridized carbons (Fsp3) is 0.667.